The Morgan fingerprint density at radius 1 is 1.00 bits per heavy atom. The van der Waals surface area contributed by atoms with Crippen molar-refractivity contribution in [2.45, 2.75) is 26.7 Å². The fraction of sp³-hybridized carbons (Fsp3) is 0.350. The molecule has 0 aliphatic rings. The number of non-ortho nitro benzene ring substituents is 1. The summed E-state index contributed by atoms with van der Waals surface area (Å²) in [5.41, 5.74) is 2.80. The van der Waals surface area contributed by atoms with Gasteiger partial charge in [0.05, 0.1) is 4.92 Å². The monoisotopic (exact) mass is 370 g/mol. The van der Waals surface area contributed by atoms with Gasteiger partial charge < -0.3 is 15.5 Å². The van der Waals surface area contributed by atoms with E-state index in [1.165, 1.54) is 12.1 Å². The van der Waals surface area contributed by atoms with Gasteiger partial charge in [-0.25, -0.2) is 0 Å². The molecule has 0 heterocycles. The molecule has 1 amide bonds. The molecule has 2 aromatic rings. The maximum absolute atomic E-state index is 12.1. The van der Waals surface area contributed by atoms with Crippen LogP contribution in [0.3, 0.4) is 0 Å². The number of nitrogens with one attached hydrogen (secondary N) is 2. The van der Waals surface area contributed by atoms with Gasteiger partial charge in [-0.1, -0.05) is 0 Å². The van der Waals surface area contributed by atoms with Gasteiger partial charge in [0.1, 0.15) is 0 Å². The Hall–Kier alpha value is -3.09. The van der Waals surface area contributed by atoms with Crippen LogP contribution in [-0.4, -0.2) is 30.5 Å². The molecular formula is C20H26N4O3. The second-order valence-electron chi connectivity index (χ2n) is 6.10. The molecule has 0 aliphatic heterocycles. The summed E-state index contributed by atoms with van der Waals surface area (Å²) in [5.74, 6) is -0.0314. The second-order valence-corrected chi connectivity index (χ2v) is 6.10. The minimum atomic E-state index is -0.428. The smallest absolute Gasteiger partial charge is 0.269 e. The summed E-state index contributed by atoms with van der Waals surface area (Å²) in [6, 6.07) is 14.1. The van der Waals surface area contributed by atoms with Gasteiger partial charge in [-0.05, 0) is 56.7 Å². The SMILES string of the molecule is CCN(CC)c1ccc(NC(=O)CCCNc2ccc([N+](=O)[O-])cc2)cc1. The Kier molecular flexibility index (Phi) is 7.61. The third-order valence-corrected chi connectivity index (χ3v) is 4.27. The Bertz CT molecular complexity index is 741. The van der Waals surface area contributed by atoms with Crippen LogP contribution in [0.1, 0.15) is 26.7 Å². The van der Waals surface area contributed by atoms with Gasteiger partial charge in [-0.3, -0.25) is 14.9 Å². The lowest BCUT2D eigenvalue weighted by atomic mass is 10.2. The highest BCUT2D eigenvalue weighted by molar-refractivity contribution is 5.90. The summed E-state index contributed by atoms with van der Waals surface area (Å²) in [4.78, 5) is 24.5. The minimum absolute atomic E-state index is 0.0314. The molecule has 0 saturated carbocycles. The Morgan fingerprint density at radius 3 is 2.15 bits per heavy atom. The van der Waals surface area contributed by atoms with E-state index in [9.17, 15) is 14.9 Å². The molecule has 0 radical (unpaired) electrons. The topological polar surface area (TPSA) is 87.5 Å². The number of rotatable bonds is 10. The number of nitro benzene ring substituents is 1. The van der Waals surface area contributed by atoms with Crippen LogP contribution < -0.4 is 15.5 Å². The predicted molar refractivity (Wildman–Crippen MR) is 109 cm³/mol. The lowest BCUT2D eigenvalue weighted by Gasteiger charge is -2.21. The molecule has 0 saturated heterocycles. The molecular weight excluding hydrogens is 344 g/mol. The van der Waals surface area contributed by atoms with Crippen molar-refractivity contribution in [2.24, 2.45) is 0 Å². The van der Waals surface area contributed by atoms with Crippen LogP contribution in [0.15, 0.2) is 48.5 Å². The third-order valence-electron chi connectivity index (χ3n) is 4.27. The number of amides is 1. The molecule has 7 heteroatoms. The number of nitro groups is 1. The molecule has 0 spiro atoms. The average Bonchev–Trinajstić information content (AvgIpc) is 2.68. The summed E-state index contributed by atoms with van der Waals surface area (Å²) in [6.07, 6.45) is 1.07. The highest BCUT2D eigenvalue weighted by Gasteiger charge is 2.06. The second kappa shape index (κ2) is 10.2. The molecule has 0 bridgehead atoms. The molecule has 0 unspecified atom stereocenters. The van der Waals surface area contributed by atoms with Gasteiger partial charge >= 0.3 is 0 Å². The summed E-state index contributed by atoms with van der Waals surface area (Å²) in [7, 11) is 0. The fourth-order valence-corrected chi connectivity index (χ4v) is 2.75. The van der Waals surface area contributed by atoms with Gasteiger partial charge in [-0.15, -0.1) is 0 Å². The van der Waals surface area contributed by atoms with Crippen LogP contribution in [0.4, 0.5) is 22.7 Å². The maximum Gasteiger partial charge on any atom is 0.269 e. The first-order valence-electron chi connectivity index (χ1n) is 9.16. The van der Waals surface area contributed by atoms with Crippen LogP contribution in [0, 0.1) is 10.1 Å². The minimum Gasteiger partial charge on any atom is -0.385 e. The van der Waals surface area contributed by atoms with Crippen molar-refractivity contribution in [3.05, 3.63) is 58.6 Å². The first kappa shape index (κ1) is 20.2. The van der Waals surface area contributed by atoms with Crippen LogP contribution in [0.25, 0.3) is 0 Å². The summed E-state index contributed by atoms with van der Waals surface area (Å²) in [6.45, 7) is 6.74. The van der Waals surface area contributed by atoms with Crippen molar-refractivity contribution in [3.8, 4) is 0 Å². The normalized spacial score (nSPS) is 10.3. The van der Waals surface area contributed by atoms with Crippen LogP contribution in [0.2, 0.25) is 0 Å². The van der Waals surface area contributed by atoms with Crippen LogP contribution in [-0.2, 0) is 4.79 Å². The first-order valence-corrected chi connectivity index (χ1v) is 9.16. The van der Waals surface area contributed by atoms with E-state index in [1.54, 1.807) is 12.1 Å². The fourth-order valence-electron chi connectivity index (χ4n) is 2.75. The lowest BCUT2D eigenvalue weighted by molar-refractivity contribution is -0.384. The highest BCUT2D eigenvalue weighted by Crippen LogP contribution is 2.18. The van der Waals surface area contributed by atoms with E-state index >= 15 is 0 Å². The first-order chi connectivity index (χ1) is 13.0. The molecule has 0 aliphatic carbocycles. The van der Waals surface area contributed by atoms with E-state index in [0.29, 0.717) is 19.4 Å². The summed E-state index contributed by atoms with van der Waals surface area (Å²) in [5, 5.41) is 16.7. The number of carbonyl (C=O) groups excluding carboxylic acids is 1. The molecule has 2 aromatic carbocycles. The Morgan fingerprint density at radius 2 is 1.59 bits per heavy atom. The van der Waals surface area contributed by atoms with E-state index < -0.39 is 4.92 Å². The largest absolute Gasteiger partial charge is 0.385 e. The van der Waals surface area contributed by atoms with Crippen LogP contribution >= 0.6 is 0 Å². The van der Waals surface area contributed by atoms with Gasteiger partial charge in [0, 0.05) is 55.2 Å². The third kappa shape index (κ3) is 6.29. The quantitative estimate of drug-likeness (QED) is 0.370. The van der Waals surface area contributed by atoms with E-state index in [0.717, 1.165) is 30.2 Å². The van der Waals surface area contributed by atoms with Gasteiger partial charge in [-0.2, -0.15) is 0 Å². The van der Waals surface area contributed by atoms with Crippen molar-refractivity contribution >= 4 is 28.7 Å². The van der Waals surface area contributed by atoms with Gasteiger partial charge in [0.25, 0.3) is 5.69 Å². The number of anilines is 3. The lowest BCUT2D eigenvalue weighted by Crippen LogP contribution is -2.21. The van der Waals surface area contributed by atoms with Crippen molar-refractivity contribution in [1.82, 2.24) is 0 Å². The van der Waals surface area contributed by atoms with Crippen molar-refractivity contribution in [2.75, 3.05) is 35.2 Å². The standard InChI is InChI=1S/C20H26N4O3/c1-3-23(4-2)18-11-9-17(10-12-18)22-20(25)6-5-15-21-16-7-13-19(14-8-16)24(26)27/h7-14,21H,3-6,15H2,1-2H3,(H,22,25). The molecule has 27 heavy (non-hydrogen) atoms. The molecule has 7 nitrogen and oxygen atoms in total. The van der Waals surface area contributed by atoms with E-state index in [-0.39, 0.29) is 11.6 Å². The summed E-state index contributed by atoms with van der Waals surface area (Å²) < 4.78 is 0. The van der Waals surface area contributed by atoms with Crippen molar-refractivity contribution in [3.63, 3.8) is 0 Å². The zero-order valence-electron chi connectivity index (χ0n) is 15.8. The molecule has 0 aromatic heterocycles. The number of nitrogens with zero attached hydrogens (tertiary/aromatic N) is 2. The predicted octanol–water partition coefficient (Wildman–Crippen LogP) is 4.27. The number of carbonyl (C=O) groups is 1. The Balaban J connectivity index is 1.72. The zero-order chi connectivity index (χ0) is 19.6. The van der Waals surface area contributed by atoms with E-state index in [1.807, 2.05) is 24.3 Å². The molecule has 2 rings (SSSR count). The average molecular weight is 370 g/mol. The van der Waals surface area contributed by atoms with Crippen molar-refractivity contribution < 1.29 is 9.72 Å². The molecule has 2 N–H and O–H groups in total. The van der Waals surface area contributed by atoms with Gasteiger partial charge in [0.2, 0.25) is 5.91 Å². The number of hydrogen-bond donors (Lipinski definition) is 2. The maximum atomic E-state index is 12.1. The number of benzene rings is 2. The Labute approximate surface area is 159 Å². The molecule has 0 fully saturated rings. The van der Waals surface area contributed by atoms with E-state index in [4.69, 9.17) is 0 Å². The highest BCUT2D eigenvalue weighted by atomic mass is 16.6. The van der Waals surface area contributed by atoms with Crippen molar-refractivity contribution in [1.29, 1.82) is 0 Å². The zero-order valence-corrected chi connectivity index (χ0v) is 15.8. The molecule has 144 valence electrons. The number of hydrogen-bond acceptors (Lipinski definition) is 5. The van der Waals surface area contributed by atoms with Crippen LogP contribution in [0.5, 0.6) is 0 Å². The van der Waals surface area contributed by atoms with Gasteiger partial charge in [0.15, 0.2) is 0 Å². The molecule has 0 atom stereocenters. The summed E-state index contributed by atoms with van der Waals surface area (Å²) >= 11 is 0. The van der Waals surface area contributed by atoms with E-state index in [2.05, 4.69) is 29.4 Å².